The van der Waals surface area contributed by atoms with E-state index in [9.17, 15) is 9.59 Å². The minimum atomic E-state index is -0.451. The fraction of sp³-hybridized carbons (Fsp3) is 0.286. The molecule has 0 aliphatic carbocycles. The van der Waals surface area contributed by atoms with Crippen LogP contribution in [0.2, 0.25) is 0 Å². The Labute approximate surface area is 201 Å². The van der Waals surface area contributed by atoms with Gasteiger partial charge in [0.05, 0.1) is 6.04 Å². The van der Waals surface area contributed by atoms with Crippen molar-refractivity contribution in [1.29, 1.82) is 0 Å². The molecule has 1 saturated heterocycles. The van der Waals surface area contributed by atoms with Crippen LogP contribution >= 0.6 is 0 Å². The topological polar surface area (TPSA) is 78.7 Å². The van der Waals surface area contributed by atoms with Gasteiger partial charge in [-0.2, -0.15) is 0 Å². The van der Waals surface area contributed by atoms with Crippen molar-refractivity contribution in [3.63, 3.8) is 0 Å². The highest BCUT2D eigenvalue weighted by atomic mass is 16.2. The molecule has 2 amide bonds. The minimum Gasteiger partial charge on any atom is -0.369 e. The number of nitrogens with two attached hydrogens (primary N) is 1. The van der Waals surface area contributed by atoms with Crippen LogP contribution in [-0.2, 0) is 0 Å². The summed E-state index contributed by atoms with van der Waals surface area (Å²) in [4.78, 5) is 29.4. The molecule has 0 bridgehead atoms. The largest absolute Gasteiger partial charge is 0.369 e. The van der Waals surface area contributed by atoms with Crippen LogP contribution in [0.1, 0.15) is 44.8 Å². The van der Waals surface area contributed by atoms with Crippen LogP contribution in [0, 0.1) is 6.92 Å². The summed E-state index contributed by atoms with van der Waals surface area (Å²) in [6, 6.07) is 21.2. The van der Waals surface area contributed by atoms with Crippen molar-refractivity contribution in [3.05, 3.63) is 89.0 Å². The zero-order valence-electron chi connectivity index (χ0n) is 20.0. The number of amides is 2. The molecule has 1 heterocycles. The molecular weight excluding hydrogens is 424 g/mol. The third kappa shape index (κ3) is 5.29. The van der Waals surface area contributed by atoms with E-state index in [4.69, 9.17) is 5.73 Å². The molecule has 3 N–H and O–H groups in total. The third-order valence-corrected chi connectivity index (χ3v) is 6.55. The number of nitrogens with one attached hydrogen (secondary N) is 1. The van der Waals surface area contributed by atoms with Crippen molar-refractivity contribution < 1.29 is 9.59 Å². The van der Waals surface area contributed by atoms with Gasteiger partial charge in [0.2, 0.25) is 5.91 Å². The number of benzene rings is 3. The molecule has 176 valence electrons. The van der Waals surface area contributed by atoms with E-state index >= 15 is 0 Å². The molecule has 1 aliphatic rings. The lowest BCUT2D eigenvalue weighted by Crippen LogP contribution is -2.44. The third-order valence-electron chi connectivity index (χ3n) is 6.55. The van der Waals surface area contributed by atoms with Crippen molar-refractivity contribution >= 4 is 17.5 Å². The molecule has 1 fully saturated rings. The highest BCUT2D eigenvalue weighted by Crippen LogP contribution is 2.25. The van der Waals surface area contributed by atoms with Crippen molar-refractivity contribution in [3.8, 4) is 11.1 Å². The van der Waals surface area contributed by atoms with Gasteiger partial charge in [-0.15, -0.1) is 0 Å². The SMILES string of the molecule is Cc1ccc(N2CCN(C)CC2)cc1C(=O)N[C@H](C)c1cccc(-c2cccc(C(N)=O)c2)c1. The summed E-state index contributed by atoms with van der Waals surface area (Å²) < 4.78 is 0. The summed E-state index contributed by atoms with van der Waals surface area (Å²) >= 11 is 0. The maximum Gasteiger partial charge on any atom is 0.252 e. The molecule has 4 rings (SSSR count). The number of hydrogen-bond acceptors (Lipinski definition) is 4. The van der Waals surface area contributed by atoms with Crippen molar-refractivity contribution in [2.24, 2.45) is 5.73 Å². The lowest BCUT2D eigenvalue weighted by Gasteiger charge is -2.34. The number of primary amides is 1. The Balaban J connectivity index is 1.51. The van der Waals surface area contributed by atoms with Gasteiger partial charge in [0, 0.05) is 43.0 Å². The fourth-order valence-corrected chi connectivity index (χ4v) is 4.31. The summed E-state index contributed by atoms with van der Waals surface area (Å²) in [5, 5.41) is 3.16. The van der Waals surface area contributed by atoms with Gasteiger partial charge in [0.15, 0.2) is 0 Å². The van der Waals surface area contributed by atoms with Gasteiger partial charge in [0.25, 0.3) is 5.91 Å². The zero-order chi connectivity index (χ0) is 24.2. The summed E-state index contributed by atoms with van der Waals surface area (Å²) in [6.45, 7) is 7.91. The van der Waals surface area contributed by atoms with E-state index < -0.39 is 5.91 Å². The number of piperazine rings is 1. The molecular formula is C28H32N4O2. The van der Waals surface area contributed by atoms with Gasteiger partial charge in [-0.05, 0) is 73.5 Å². The van der Waals surface area contributed by atoms with Crippen LogP contribution < -0.4 is 16.0 Å². The quantitative estimate of drug-likeness (QED) is 0.588. The number of carbonyl (C=O) groups excluding carboxylic acids is 2. The van der Waals surface area contributed by atoms with E-state index in [-0.39, 0.29) is 11.9 Å². The van der Waals surface area contributed by atoms with Crippen molar-refractivity contribution in [2.45, 2.75) is 19.9 Å². The number of carbonyl (C=O) groups is 2. The second-order valence-electron chi connectivity index (χ2n) is 9.06. The first-order valence-electron chi connectivity index (χ1n) is 11.7. The molecule has 0 spiro atoms. The van der Waals surface area contributed by atoms with Gasteiger partial charge >= 0.3 is 0 Å². The molecule has 0 saturated carbocycles. The predicted octanol–water partition coefficient (Wildman–Crippen LogP) is 4.00. The van der Waals surface area contributed by atoms with Gasteiger partial charge in [-0.3, -0.25) is 9.59 Å². The first-order valence-corrected chi connectivity index (χ1v) is 11.7. The van der Waals surface area contributed by atoms with E-state index in [0.29, 0.717) is 11.1 Å². The van der Waals surface area contributed by atoms with E-state index in [2.05, 4.69) is 28.2 Å². The molecule has 1 atom stereocenters. The number of likely N-dealkylation sites (N-methyl/N-ethyl adjacent to an activating group) is 1. The normalized spacial score (nSPS) is 15.1. The van der Waals surface area contributed by atoms with Crippen LogP contribution in [0.3, 0.4) is 0 Å². The molecule has 0 aromatic heterocycles. The van der Waals surface area contributed by atoms with E-state index in [0.717, 1.165) is 54.1 Å². The van der Waals surface area contributed by atoms with Gasteiger partial charge in [-0.1, -0.05) is 36.4 Å². The number of nitrogens with zero attached hydrogens (tertiary/aromatic N) is 2. The van der Waals surface area contributed by atoms with Crippen molar-refractivity contribution in [1.82, 2.24) is 10.2 Å². The minimum absolute atomic E-state index is 0.0814. The Bertz CT molecular complexity index is 1200. The first-order chi connectivity index (χ1) is 16.3. The molecule has 6 nitrogen and oxygen atoms in total. The molecule has 34 heavy (non-hydrogen) atoms. The van der Waals surface area contributed by atoms with E-state index in [1.807, 2.05) is 62.4 Å². The van der Waals surface area contributed by atoms with Crippen LogP contribution in [0.4, 0.5) is 5.69 Å². The Hall–Kier alpha value is -3.64. The van der Waals surface area contributed by atoms with E-state index in [1.165, 1.54) is 0 Å². The smallest absolute Gasteiger partial charge is 0.252 e. The molecule has 1 aliphatic heterocycles. The van der Waals surface area contributed by atoms with Crippen LogP contribution in [0.15, 0.2) is 66.7 Å². The highest BCUT2D eigenvalue weighted by Gasteiger charge is 2.18. The highest BCUT2D eigenvalue weighted by molar-refractivity contribution is 5.97. The van der Waals surface area contributed by atoms with Crippen LogP contribution in [-0.4, -0.2) is 49.9 Å². The monoisotopic (exact) mass is 456 g/mol. The first kappa shape index (κ1) is 23.5. The molecule has 0 radical (unpaired) electrons. The molecule has 0 unspecified atom stereocenters. The van der Waals surface area contributed by atoms with E-state index in [1.54, 1.807) is 12.1 Å². The van der Waals surface area contributed by atoms with Gasteiger partial charge < -0.3 is 20.9 Å². The second-order valence-corrected chi connectivity index (χ2v) is 9.06. The lowest BCUT2D eigenvalue weighted by molar-refractivity contribution is 0.0938. The summed E-state index contributed by atoms with van der Waals surface area (Å²) in [5.41, 5.74) is 11.5. The van der Waals surface area contributed by atoms with Gasteiger partial charge in [0.1, 0.15) is 0 Å². The maximum absolute atomic E-state index is 13.2. The fourth-order valence-electron chi connectivity index (χ4n) is 4.31. The zero-order valence-corrected chi connectivity index (χ0v) is 20.0. The Morgan fingerprint density at radius 2 is 1.59 bits per heavy atom. The average molecular weight is 457 g/mol. The number of rotatable bonds is 6. The number of aryl methyl sites for hydroxylation is 1. The molecule has 3 aromatic rings. The summed E-state index contributed by atoms with van der Waals surface area (Å²) in [7, 11) is 2.14. The number of hydrogen-bond donors (Lipinski definition) is 2. The lowest BCUT2D eigenvalue weighted by atomic mass is 9.98. The van der Waals surface area contributed by atoms with Gasteiger partial charge in [-0.25, -0.2) is 0 Å². The Morgan fingerprint density at radius 3 is 2.29 bits per heavy atom. The molecule has 3 aromatic carbocycles. The maximum atomic E-state index is 13.2. The summed E-state index contributed by atoms with van der Waals surface area (Å²) in [6.07, 6.45) is 0. The Morgan fingerprint density at radius 1 is 0.912 bits per heavy atom. The standard InChI is InChI=1S/C28H32N4O2/c1-19-10-11-25(32-14-12-31(3)13-15-32)18-26(19)28(34)30-20(2)21-6-4-7-22(16-21)23-8-5-9-24(17-23)27(29)33/h4-11,16-18,20H,12-15H2,1-3H3,(H2,29,33)(H,30,34)/t20-/m1/s1. The molecule has 6 heteroatoms. The summed E-state index contributed by atoms with van der Waals surface area (Å²) in [5.74, 6) is -0.532. The second kappa shape index (κ2) is 10.1. The Kier molecular flexibility index (Phi) is 6.98. The average Bonchev–Trinajstić information content (AvgIpc) is 2.85. The van der Waals surface area contributed by atoms with Crippen molar-refractivity contribution in [2.75, 3.05) is 38.1 Å². The van der Waals surface area contributed by atoms with Crippen LogP contribution in [0.5, 0.6) is 0 Å². The van der Waals surface area contributed by atoms with Crippen LogP contribution in [0.25, 0.3) is 11.1 Å². The number of anilines is 1. The predicted molar refractivity (Wildman–Crippen MR) is 137 cm³/mol.